The summed E-state index contributed by atoms with van der Waals surface area (Å²) in [7, 11) is 0. The van der Waals surface area contributed by atoms with Crippen molar-refractivity contribution < 1.29 is 4.79 Å². The van der Waals surface area contributed by atoms with Crippen molar-refractivity contribution in [2.45, 2.75) is 25.4 Å². The zero-order chi connectivity index (χ0) is 13.0. The highest BCUT2D eigenvalue weighted by atomic mass is 16.2. The molecule has 1 aliphatic heterocycles. The quantitative estimate of drug-likeness (QED) is 0.385. The van der Waals surface area contributed by atoms with E-state index in [1.165, 1.54) is 0 Å². The summed E-state index contributed by atoms with van der Waals surface area (Å²) in [6, 6.07) is 5.71. The van der Waals surface area contributed by atoms with Gasteiger partial charge < -0.3 is 5.73 Å². The third-order valence-corrected chi connectivity index (χ3v) is 3.19. The average molecular weight is 249 g/mol. The van der Waals surface area contributed by atoms with Gasteiger partial charge in [-0.1, -0.05) is 6.07 Å². The van der Waals surface area contributed by atoms with Crippen LogP contribution < -0.4 is 17.0 Å². The molecule has 5 N–H and O–H groups in total. The number of nitrogens with zero attached hydrogens (tertiary/aromatic N) is 2. The number of aromatic nitrogens is 1. The summed E-state index contributed by atoms with van der Waals surface area (Å²) in [5.74, 6) is 4.73. The highest BCUT2D eigenvalue weighted by Crippen LogP contribution is 2.11. The van der Waals surface area contributed by atoms with E-state index in [1.807, 2.05) is 12.1 Å². The normalized spacial score (nSPS) is 17.7. The summed E-state index contributed by atoms with van der Waals surface area (Å²) in [5.41, 5.74) is 9.18. The number of nitrogens with two attached hydrogens (primary N) is 2. The lowest BCUT2D eigenvalue weighted by Gasteiger charge is -2.29. The van der Waals surface area contributed by atoms with Gasteiger partial charge in [0.1, 0.15) is 5.69 Å². The first-order chi connectivity index (χ1) is 8.69. The second-order valence-corrected chi connectivity index (χ2v) is 4.60. The maximum Gasteiger partial charge on any atom is 0.283 e. The number of piperidine rings is 1. The van der Waals surface area contributed by atoms with E-state index in [1.54, 1.807) is 6.07 Å². The maximum atomic E-state index is 11.4. The van der Waals surface area contributed by atoms with E-state index in [0.717, 1.165) is 38.2 Å². The van der Waals surface area contributed by atoms with E-state index in [0.29, 0.717) is 11.7 Å². The number of nitrogen functional groups attached to an aromatic ring is 1. The lowest BCUT2D eigenvalue weighted by atomic mass is 10.1. The largest absolute Gasteiger partial charge is 0.328 e. The van der Waals surface area contributed by atoms with Crippen molar-refractivity contribution in [1.29, 1.82) is 0 Å². The number of rotatable bonds is 3. The van der Waals surface area contributed by atoms with Crippen LogP contribution >= 0.6 is 0 Å². The molecule has 1 fully saturated rings. The Morgan fingerprint density at radius 2 is 2.17 bits per heavy atom. The van der Waals surface area contributed by atoms with Gasteiger partial charge in [-0.2, -0.15) is 0 Å². The van der Waals surface area contributed by atoms with Crippen LogP contribution in [0.5, 0.6) is 0 Å². The number of hydrogen-bond acceptors (Lipinski definition) is 5. The van der Waals surface area contributed by atoms with Crippen molar-refractivity contribution in [3.63, 3.8) is 0 Å². The number of hydrazine groups is 1. The van der Waals surface area contributed by atoms with Gasteiger partial charge in [-0.3, -0.25) is 15.1 Å². The van der Waals surface area contributed by atoms with Gasteiger partial charge in [0.25, 0.3) is 5.91 Å². The van der Waals surface area contributed by atoms with Crippen molar-refractivity contribution in [1.82, 2.24) is 15.3 Å². The van der Waals surface area contributed by atoms with Crippen LogP contribution in [0.15, 0.2) is 18.2 Å². The van der Waals surface area contributed by atoms with Crippen molar-refractivity contribution in [2.24, 2.45) is 11.6 Å². The first-order valence-electron chi connectivity index (χ1n) is 6.14. The van der Waals surface area contributed by atoms with Gasteiger partial charge in [-0.25, -0.2) is 10.8 Å². The minimum absolute atomic E-state index is 0.323. The maximum absolute atomic E-state index is 11.4. The van der Waals surface area contributed by atoms with Crippen LogP contribution in [0.3, 0.4) is 0 Å². The fourth-order valence-electron chi connectivity index (χ4n) is 2.11. The molecule has 18 heavy (non-hydrogen) atoms. The van der Waals surface area contributed by atoms with Crippen LogP contribution in [0.4, 0.5) is 0 Å². The summed E-state index contributed by atoms with van der Waals surface area (Å²) in [6.45, 7) is 2.71. The number of hydrogen-bond donors (Lipinski definition) is 3. The molecule has 0 bridgehead atoms. The summed E-state index contributed by atoms with van der Waals surface area (Å²) >= 11 is 0. The Bertz CT molecular complexity index is 415. The summed E-state index contributed by atoms with van der Waals surface area (Å²) in [4.78, 5) is 18.0. The van der Waals surface area contributed by atoms with Gasteiger partial charge in [-0.05, 0) is 25.0 Å². The summed E-state index contributed by atoms with van der Waals surface area (Å²) in [5, 5.41) is 0. The molecule has 1 saturated heterocycles. The summed E-state index contributed by atoms with van der Waals surface area (Å²) < 4.78 is 0. The van der Waals surface area contributed by atoms with E-state index in [9.17, 15) is 4.79 Å². The molecule has 0 aromatic carbocycles. The number of carbonyl (C=O) groups excluding carboxylic acids is 1. The molecule has 98 valence electrons. The molecular formula is C12H19N5O. The summed E-state index contributed by atoms with van der Waals surface area (Å²) in [6.07, 6.45) is 2.03. The van der Waals surface area contributed by atoms with Crippen LogP contribution in [0, 0.1) is 0 Å². The molecule has 1 aromatic rings. The van der Waals surface area contributed by atoms with Gasteiger partial charge >= 0.3 is 0 Å². The molecular weight excluding hydrogens is 230 g/mol. The Morgan fingerprint density at radius 1 is 1.44 bits per heavy atom. The van der Waals surface area contributed by atoms with Gasteiger partial charge in [-0.15, -0.1) is 0 Å². The van der Waals surface area contributed by atoms with Crippen molar-refractivity contribution >= 4 is 5.91 Å². The molecule has 0 radical (unpaired) electrons. The molecule has 2 rings (SSSR count). The molecule has 1 amide bonds. The molecule has 0 atom stereocenters. The number of amides is 1. The molecule has 6 nitrogen and oxygen atoms in total. The lowest BCUT2D eigenvalue weighted by Crippen LogP contribution is -2.39. The van der Waals surface area contributed by atoms with Crippen molar-refractivity contribution in [3.8, 4) is 0 Å². The fourth-order valence-corrected chi connectivity index (χ4v) is 2.11. The molecule has 1 aromatic heterocycles. The third kappa shape index (κ3) is 3.25. The van der Waals surface area contributed by atoms with Crippen molar-refractivity contribution in [3.05, 3.63) is 29.6 Å². The number of nitrogens with one attached hydrogen (secondary N) is 1. The molecule has 6 heteroatoms. The Balaban J connectivity index is 1.99. The second kappa shape index (κ2) is 5.90. The first-order valence-corrected chi connectivity index (χ1v) is 6.14. The number of pyridine rings is 1. The number of likely N-dealkylation sites (tertiary alicyclic amines) is 1. The third-order valence-electron chi connectivity index (χ3n) is 3.19. The Labute approximate surface area is 106 Å². The standard InChI is InChI=1S/C12H19N5O/c13-9-4-6-17(7-5-9)8-10-2-1-3-11(15-10)12(18)16-14/h1-3,9H,4-8,13-14H2,(H,16,18). The van der Waals surface area contributed by atoms with Gasteiger partial charge in [0.05, 0.1) is 5.69 Å². The zero-order valence-corrected chi connectivity index (χ0v) is 10.3. The lowest BCUT2D eigenvalue weighted by molar-refractivity contribution is 0.0948. The van der Waals surface area contributed by atoms with E-state index < -0.39 is 0 Å². The molecule has 1 aliphatic rings. The molecule has 0 unspecified atom stereocenters. The molecule has 0 spiro atoms. The Morgan fingerprint density at radius 3 is 2.83 bits per heavy atom. The van der Waals surface area contributed by atoms with Crippen LogP contribution in [0.2, 0.25) is 0 Å². The van der Waals surface area contributed by atoms with Crippen LogP contribution in [-0.2, 0) is 6.54 Å². The topological polar surface area (TPSA) is 97.3 Å². The minimum Gasteiger partial charge on any atom is -0.328 e. The van der Waals surface area contributed by atoms with Gasteiger partial charge in [0.2, 0.25) is 0 Å². The highest BCUT2D eigenvalue weighted by Gasteiger charge is 2.16. The predicted octanol–water partition coefficient (Wildman–Crippen LogP) is -0.392. The van der Waals surface area contributed by atoms with Gasteiger partial charge in [0.15, 0.2) is 0 Å². The Hall–Kier alpha value is -1.50. The Kier molecular flexibility index (Phi) is 4.24. The number of carbonyl (C=O) groups is 1. The van der Waals surface area contributed by atoms with Crippen LogP contribution in [0.25, 0.3) is 0 Å². The van der Waals surface area contributed by atoms with E-state index in [2.05, 4.69) is 15.3 Å². The van der Waals surface area contributed by atoms with E-state index in [4.69, 9.17) is 11.6 Å². The van der Waals surface area contributed by atoms with E-state index in [-0.39, 0.29) is 5.91 Å². The average Bonchev–Trinajstić information content (AvgIpc) is 2.41. The predicted molar refractivity (Wildman–Crippen MR) is 68.4 cm³/mol. The smallest absolute Gasteiger partial charge is 0.283 e. The zero-order valence-electron chi connectivity index (χ0n) is 10.3. The molecule has 0 aliphatic carbocycles. The van der Waals surface area contributed by atoms with Crippen LogP contribution in [0.1, 0.15) is 29.0 Å². The minimum atomic E-state index is -0.363. The van der Waals surface area contributed by atoms with Crippen molar-refractivity contribution in [2.75, 3.05) is 13.1 Å². The molecule has 0 saturated carbocycles. The SMILES string of the molecule is NNC(=O)c1cccc(CN2CCC(N)CC2)n1. The second-order valence-electron chi connectivity index (χ2n) is 4.60. The van der Waals surface area contributed by atoms with Crippen LogP contribution in [-0.4, -0.2) is 34.9 Å². The van der Waals surface area contributed by atoms with E-state index >= 15 is 0 Å². The molecule has 2 heterocycles. The first kappa shape index (κ1) is 12.9. The highest BCUT2D eigenvalue weighted by molar-refractivity contribution is 5.91. The monoisotopic (exact) mass is 249 g/mol. The fraction of sp³-hybridized carbons (Fsp3) is 0.500. The van der Waals surface area contributed by atoms with Gasteiger partial charge in [0, 0.05) is 25.7 Å².